The normalized spacial score (nSPS) is 16.7. The predicted octanol–water partition coefficient (Wildman–Crippen LogP) is 2.12. The van der Waals surface area contributed by atoms with Gasteiger partial charge in [0.15, 0.2) is 0 Å². The van der Waals surface area contributed by atoms with Gasteiger partial charge in [-0.1, -0.05) is 0 Å². The van der Waals surface area contributed by atoms with Crippen LogP contribution in [0.15, 0.2) is 47.3 Å². The maximum absolute atomic E-state index is 12.8. The molecule has 1 fully saturated rings. The quantitative estimate of drug-likeness (QED) is 0.319. The highest BCUT2D eigenvalue weighted by molar-refractivity contribution is 6.00. The maximum Gasteiger partial charge on any atom is 0.308 e. The third-order valence-corrected chi connectivity index (χ3v) is 5.20. The van der Waals surface area contributed by atoms with Gasteiger partial charge in [0.25, 0.3) is 0 Å². The van der Waals surface area contributed by atoms with Crippen LogP contribution in [-0.4, -0.2) is 36.8 Å². The van der Waals surface area contributed by atoms with E-state index in [1.54, 1.807) is 42.2 Å². The van der Waals surface area contributed by atoms with Gasteiger partial charge in [-0.25, -0.2) is 0 Å². The van der Waals surface area contributed by atoms with E-state index in [1.807, 2.05) is 0 Å². The third kappa shape index (κ3) is 5.50. The number of nitrogens with two attached hydrogens (primary N) is 1. The molecule has 164 valence electrons. The summed E-state index contributed by atoms with van der Waals surface area (Å²) < 4.78 is 10.1. The van der Waals surface area contributed by atoms with Gasteiger partial charge >= 0.3 is 5.97 Å². The summed E-state index contributed by atoms with van der Waals surface area (Å²) in [6, 6.07) is 7.96. The monoisotopic (exact) mass is 426 g/mol. The summed E-state index contributed by atoms with van der Waals surface area (Å²) >= 11 is 0. The summed E-state index contributed by atoms with van der Waals surface area (Å²) in [5.74, 6) is -1.35. The summed E-state index contributed by atoms with van der Waals surface area (Å²) in [5, 5.41) is 10.3. The van der Waals surface area contributed by atoms with Crippen LogP contribution in [0.2, 0.25) is 0 Å². The predicted molar refractivity (Wildman–Crippen MR) is 113 cm³/mol. The Morgan fingerprint density at radius 2 is 2.06 bits per heavy atom. The Kier molecular flexibility index (Phi) is 7.07. The lowest BCUT2D eigenvalue weighted by atomic mass is 10.0. The van der Waals surface area contributed by atoms with Crippen molar-refractivity contribution in [2.45, 2.75) is 32.2 Å². The summed E-state index contributed by atoms with van der Waals surface area (Å²) in [6.07, 6.45) is 3.49. The van der Waals surface area contributed by atoms with Crippen LogP contribution < -0.4 is 16.0 Å². The lowest BCUT2D eigenvalue weighted by Crippen LogP contribution is -2.34. The van der Waals surface area contributed by atoms with Crippen LogP contribution >= 0.6 is 0 Å². The smallest absolute Gasteiger partial charge is 0.308 e. The highest BCUT2D eigenvalue weighted by Crippen LogP contribution is 2.28. The molecular formula is C22H26N4O5. The number of nitrogens with one attached hydrogen (secondary N) is 2. The first-order valence-electron chi connectivity index (χ1n) is 10.1. The van der Waals surface area contributed by atoms with Gasteiger partial charge in [-0.05, 0) is 43.7 Å². The molecule has 0 saturated carbocycles. The number of nitrogen functional groups attached to an aromatic ring is 1. The molecule has 31 heavy (non-hydrogen) atoms. The fraction of sp³-hybridized carbons (Fsp3) is 0.364. The van der Waals surface area contributed by atoms with E-state index in [2.05, 4.69) is 5.32 Å². The average molecular weight is 426 g/mol. The molecule has 2 heterocycles. The number of carbonyl (C=O) groups excluding carboxylic acids is 3. The number of ether oxygens (including phenoxy) is 1. The Morgan fingerprint density at radius 3 is 2.68 bits per heavy atom. The van der Waals surface area contributed by atoms with Crippen molar-refractivity contribution in [2.24, 2.45) is 11.7 Å². The molecule has 2 unspecified atom stereocenters. The van der Waals surface area contributed by atoms with Crippen LogP contribution in [0.4, 0.5) is 5.69 Å². The summed E-state index contributed by atoms with van der Waals surface area (Å²) in [5.41, 5.74) is 7.41. The van der Waals surface area contributed by atoms with Gasteiger partial charge in [-0.15, -0.1) is 0 Å². The van der Waals surface area contributed by atoms with Crippen molar-refractivity contribution in [1.82, 2.24) is 5.32 Å². The second-order valence-electron chi connectivity index (χ2n) is 7.33. The zero-order valence-electron chi connectivity index (χ0n) is 17.3. The molecule has 9 nitrogen and oxygen atoms in total. The molecule has 1 aromatic heterocycles. The fourth-order valence-corrected chi connectivity index (χ4v) is 3.59. The van der Waals surface area contributed by atoms with Crippen LogP contribution in [0, 0.1) is 11.3 Å². The van der Waals surface area contributed by atoms with Crippen molar-refractivity contribution in [3.63, 3.8) is 0 Å². The minimum Gasteiger partial charge on any atom is -0.472 e. The second-order valence-corrected chi connectivity index (χ2v) is 7.33. The molecular weight excluding hydrogens is 400 g/mol. The van der Waals surface area contributed by atoms with Crippen LogP contribution in [0.3, 0.4) is 0 Å². The zero-order chi connectivity index (χ0) is 22.4. The number of hydrogen-bond acceptors (Lipinski definition) is 6. The topological polar surface area (TPSA) is 139 Å². The van der Waals surface area contributed by atoms with Gasteiger partial charge in [-0.3, -0.25) is 19.8 Å². The number of anilines is 1. The largest absolute Gasteiger partial charge is 0.472 e. The molecule has 0 spiro atoms. The number of rotatable bonds is 9. The third-order valence-electron chi connectivity index (χ3n) is 5.20. The Labute approximate surface area is 180 Å². The Bertz CT molecular complexity index is 939. The minimum absolute atomic E-state index is 0.0215. The molecule has 2 aromatic rings. The van der Waals surface area contributed by atoms with Crippen molar-refractivity contribution < 1.29 is 23.5 Å². The number of amidine groups is 1. The van der Waals surface area contributed by atoms with Crippen molar-refractivity contribution in [2.75, 3.05) is 18.1 Å². The van der Waals surface area contributed by atoms with Gasteiger partial charge in [0.1, 0.15) is 5.84 Å². The molecule has 1 aromatic carbocycles. The maximum atomic E-state index is 12.8. The number of amides is 2. The summed E-state index contributed by atoms with van der Waals surface area (Å²) in [7, 11) is 0. The van der Waals surface area contributed by atoms with E-state index in [1.165, 1.54) is 12.5 Å². The van der Waals surface area contributed by atoms with Crippen LogP contribution in [-0.2, 0) is 19.1 Å². The molecule has 3 rings (SSSR count). The van der Waals surface area contributed by atoms with Crippen molar-refractivity contribution in [3.05, 3.63) is 54.0 Å². The Hall–Kier alpha value is -3.62. The van der Waals surface area contributed by atoms with Gasteiger partial charge in [0, 0.05) is 35.7 Å². The van der Waals surface area contributed by atoms with Crippen molar-refractivity contribution in [3.8, 4) is 0 Å². The van der Waals surface area contributed by atoms with E-state index in [-0.39, 0.29) is 37.1 Å². The van der Waals surface area contributed by atoms with Gasteiger partial charge in [0.2, 0.25) is 11.8 Å². The van der Waals surface area contributed by atoms with Crippen LogP contribution in [0.25, 0.3) is 0 Å². The standard InChI is InChI=1S/C22H26N4O5/c1-2-31-20(28)12-18(16-8-10-30-13-16)25-19(27)11-15-7-9-26(22(15)29)17-5-3-14(4-6-17)21(23)24/h3-6,8,10,13,15,18H,2,7,9,11-12H2,1H3,(H3,23,24)(H,25,27). The fourth-order valence-electron chi connectivity index (χ4n) is 3.59. The highest BCUT2D eigenvalue weighted by Gasteiger charge is 2.34. The lowest BCUT2D eigenvalue weighted by Gasteiger charge is -2.19. The Morgan fingerprint density at radius 1 is 1.32 bits per heavy atom. The molecule has 4 N–H and O–H groups in total. The molecule has 0 aliphatic carbocycles. The molecule has 0 radical (unpaired) electrons. The van der Waals surface area contributed by atoms with E-state index in [9.17, 15) is 14.4 Å². The number of nitrogens with zero attached hydrogens (tertiary/aromatic N) is 1. The van der Waals surface area contributed by atoms with Gasteiger partial charge < -0.3 is 25.1 Å². The lowest BCUT2D eigenvalue weighted by molar-refractivity contribution is -0.144. The van der Waals surface area contributed by atoms with E-state index in [0.717, 1.165) is 0 Å². The summed E-state index contributed by atoms with van der Waals surface area (Å²) in [4.78, 5) is 39.0. The number of hydrogen-bond donors (Lipinski definition) is 3. The van der Waals surface area contributed by atoms with Crippen molar-refractivity contribution >= 4 is 29.3 Å². The molecule has 0 bridgehead atoms. The van der Waals surface area contributed by atoms with E-state index in [4.69, 9.17) is 20.3 Å². The van der Waals surface area contributed by atoms with Gasteiger partial charge in [0.05, 0.1) is 31.6 Å². The van der Waals surface area contributed by atoms with Crippen LogP contribution in [0.5, 0.6) is 0 Å². The average Bonchev–Trinajstić information content (AvgIpc) is 3.39. The highest BCUT2D eigenvalue weighted by atomic mass is 16.5. The minimum atomic E-state index is -0.586. The molecule has 2 amide bonds. The Balaban J connectivity index is 1.61. The number of carbonyl (C=O) groups is 3. The molecule has 9 heteroatoms. The number of furan rings is 1. The van der Waals surface area contributed by atoms with E-state index >= 15 is 0 Å². The molecule has 1 aliphatic heterocycles. The van der Waals surface area contributed by atoms with E-state index in [0.29, 0.717) is 29.8 Å². The van der Waals surface area contributed by atoms with E-state index < -0.39 is 17.9 Å². The summed E-state index contributed by atoms with van der Waals surface area (Å²) in [6.45, 7) is 2.48. The van der Waals surface area contributed by atoms with Crippen LogP contribution in [0.1, 0.15) is 43.4 Å². The van der Waals surface area contributed by atoms with Gasteiger partial charge in [-0.2, -0.15) is 0 Å². The second kappa shape index (κ2) is 9.92. The molecule has 1 aliphatic rings. The zero-order valence-corrected chi connectivity index (χ0v) is 17.3. The number of esters is 1. The molecule has 2 atom stereocenters. The SMILES string of the molecule is CCOC(=O)CC(NC(=O)CC1CCN(c2ccc(C(=N)N)cc2)C1=O)c1ccoc1. The number of benzene rings is 1. The first-order valence-corrected chi connectivity index (χ1v) is 10.1. The molecule has 1 saturated heterocycles. The van der Waals surface area contributed by atoms with Crippen molar-refractivity contribution in [1.29, 1.82) is 5.41 Å². The first-order chi connectivity index (χ1) is 14.9. The first kappa shape index (κ1) is 22.1.